The first-order valence-corrected chi connectivity index (χ1v) is 11.4. The number of rotatable bonds is 7. The second kappa shape index (κ2) is 9.41. The topological polar surface area (TPSA) is 84.5 Å². The van der Waals surface area contributed by atoms with E-state index < -0.39 is 22.0 Å². The van der Waals surface area contributed by atoms with Gasteiger partial charge < -0.3 is 10.1 Å². The lowest BCUT2D eigenvalue weighted by atomic mass is 10.2. The number of nitrogens with one attached hydrogen (secondary N) is 2. The van der Waals surface area contributed by atoms with E-state index >= 15 is 0 Å². The number of ether oxygens (including phenoxy) is 1. The molecule has 1 amide bonds. The van der Waals surface area contributed by atoms with E-state index in [0.717, 1.165) is 5.56 Å². The molecular weight excluding hydrogens is 436 g/mol. The average Bonchev–Trinajstić information content (AvgIpc) is 2.73. The van der Waals surface area contributed by atoms with Crippen LogP contribution in [0.2, 0.25) is 5.02 Å². The third-order valence-electron chi connectivity index (χ3n) is 4.56. The van der Waals surface area contributed by atoms with Crippen molar-refractivity contribution >= 4 is 38.9 Å². The molecular formula is C23H23ClN2O4S. The fraction of sp³-hybridized carbons (Fsp3) is 0.174. The zero-order chi connectivity index (χ0) is 22.6. The fourth-order valence-corrected chi connectivity index (χ4v) is 4.11. The Balaban J connectivity index is 1.74. The molecule has 0 spiro atoms. The minimum absolute atomic E-state index is 0.154. The molecule has 0 fully saturated rings. The van der Waals surface area contributed by atoms with Crippen molar-refractivity contribution in [2.75, 3.05) is 10.0 Å². The van der Waals surface area contributed by atoms with Gasteiger partial charge >= 0.3 is 0 Å². The molecule has 0 saturated heterocycles. The van der Waals surface area contributed by atoms with Gasteiger partial charge in [-0.15, -0.1) is 0 Å². The molecule has 3 aromatic carbocycles. The average molecular weight is 459 g/mol. The van der Waals surface area contributed by atoms with Gasteiger partial charge in [0.15, 0.2) is 6.10 Å². The van der Waals surface area contributed by atoms with Crippen molar-refractivity contribution in [2.45, 2.75) is 31.8 Å². The Bertz CT molecular complexity index is 1200. The normalized spacial score (nSPS) is 12.1. The highest BCUT2D eigenvalue weighted by molar-refractivity contribution is 7.92. The molecule has 0 radical (unpaired) electrons. The summed E-state index contributed by atoms with van der Waals surface area (Å²) in [6.45, 7) is 5.29. The van der Waals surface area contributed by atoms with Gasteiger partial charge in [0, 0.05) is 5.69 Å². The molecule has 3 rings (SSSR count). The molecule has 0 aromatic heterocycles. The Labute approximate surface area is 187 Å². The summed E-state index contributed by atoms with van der Waals surface area (Å²) in [5, 5.41) is 3.16. The summed E-state index contributed by atoms with van der Waals surface area (Å²) in [7, 11) is -3.75. The number of aryl methyl sites for hydroxylation is 2. The highest BCUT2D eigenvalue weighted by atomic mass is 35.5. The van der Waals surface area contributed by atoms with Crippen LogP contribution in [0.25, 0.3) is 0 Å². The van der Waals surface area contributed by atoms with Crippen molar-refractivity contribution < 1.29 is 17.9 Å². The van der Waals surface area contributed by atoms with Crippen molar-refractivity contribution in [3.05, 3.63) is 82.9 Å². The maximum Gasteiger partial charge on any atom is 0.265 e. The summed E-state index contributed by atoms with van der Waals surface area (Å²) in [6, 6.07) is 18.4. The zero-order valence-electron chi connectivity index (χ0n) is 17.3. The predicted octanol–water partition coefficient (Wildman–Crippen LogP) is 5.16. The lowest BCUT2D eigenvalue weighted by molar-refractivity contribution is -0.122. The Hall–Kier alpha value is -3.03. The van der Waals surface area contributed by atoms with E-state index in [1.165, 1.54) is 12.1 Å². The first-order valence-electron chi connectivity index (χ1n) is 9.58. The SMILES string of the molecule is Cc1ccc(Cl)c(OC(C)C(=O)Nc2ccc(C)c(NS(=O)(=O)c3ccccc3)c2)c1. The van der Waals surface area contributed by atoms with Crippen LogP contribution in [0.15, 0.2) is 71.6 Å². The molecule has 6 nitrogen and oxygen atoms in total. The number of anilines is 2. The van der Waals surface area contributed by atoms with Crippen LogP contribution in [-0.2, 0) is 14.8 Å². The maximum atomic E-state index is 12.6. The number of carbonyl (C=O) groups is 1. The lowest BCUT2D eigenvalue weighted by Crippen LogP contribution is -2.30. The van der Waals surface area contributed by atoms with Gasteiger partial charge in [0.1, 0.15) is 5.75 Å². The molecule has 0 aliphatic carbocycles. The van der Waals surface area contributed by atoms with E-state index in [0.29, 0.717) is 27.7 Å². The van der Waals surface area contributed by atoms with Crippen LogP contribution in [0.4, 0.5) is 11.4 Å². The molecule has 31 heavy (non-hydrogen) atoms. The Morgan fingerprint density at radius 3 is 2.42 bits per heavy atom. The standard InChI is InChI=1S/C23H23ClN2O4S/c1-15-9-12-20(24)22(13-15)30-17(3)23(27)25-18-11-10-16(2)21(14-18)26-31(28,29)19-7-5-4-6-8-19/h4-14,17,26H,1-3H3,(H,25,27). The van der Waals surface area contributed by atoms with E-state index in [1.807, 2.05) is 13.0 Å². The van der Waals surface area contributed by atoms with Crippen LogP contribution in [-0.4, -0.2) is 20.4 Å². The van der Waals surface area contributed by atoms with Gasteiger partial charge in [-0.25, -0.2) is 8.42 Å². The number of carbonyl (C=O) groups excluding carboxylic acids is 1. The van der Waals surface area contributed by atoms with Crippen LogP contribution < -0.4 is 14.8 Å². The minimum Gasteiger partial charge on any atom is -0.479 e. The number of halogens is 1. The maximum absolute atomic E-state index is 12.6. The smallest absolute Gasteiger partial charge is 0.265 e. The first kappa shape index (κ1) is 22.7. The van der Waals surface area contributed by atoms with Crippen LogP contribution in [0, 0.1) is 13.8 Å². The third-order valence-corrected chi connectivity index (χ3v) is 6.26. The zero-order valence-corrected chi connectivity index (χ0v) is 18.9. The number of hydrogen-bond acceptors (Lipinski definition) is 4. The summed E-state index contributed by atoms with van der Waals surface area (Å²) >= 11 is 6.13. The molecule has 1 atom stereocenters. The summed E-state index contributed by atoms with van der Waals surface area (Å²) in [4.78, 5) is 12.8. The molecule has 162 valence electrons. The van der Waals surface area contributed by atoms with E-state index in [2.05, 4.69) is 10.0 Å². The van der Waals surface area contributed by atoms with E-state index in [1.54, 1.807) is 62.4 Å². The Kier molecular flexibility index (Phi) is 6.87. The number of benzene rings is 3. The Morgan fingerprint density at radius 1 is 1.00 bits per heavy atom. The number of sulfonamides is 1. The van der Waals surface area contributed by atoms with Crippen molar-refractivity contribution in [3.8, 4) is 5.75 Å². The highest BCUT2D eigenvalue weighted by Gasteiger charge is 2.18. The van der Waals surface area contributed by atoms with Gasteiger partial charge in [-0.05, 0) is 68.3 Å². The summed E-state index contributed by atoms with van der Waals surface area (Å²) in [6.07, 6.45) is -0.815. The van der Waals surface area contributed by atoms with Gasteiger partial charge in [-0.1, -0.05) is 41.9 Å². The predicted molar refractivity (Wildman–Crippen MR) is 123 cm³/mol. The molecule has 0 bridgehead atoms. The van der Waals surface area contributed by atoms with Crippen molar-refractivity contribution in [3.63, 3.8) is 0 Å². The van der Waals surface area contributed by atoms with Gasteiger partial charge in [-0.2, -0.15) is 0 Å². The van der Waals surface area contributed by atoms with Gasteiger partial charge in [0.05, 0.1) is 15.6 Å². The van der Waals surface area contributed by atoms with Crippen molar-refractivity contribution in [1.82, 2.24) is 0 Å². The fourth-order valence-electron chi connectivity index (χ4n) is 2.80. The van der Waals surface area contributed by atoms with Crippen LogP contribution in [0.5, 0.6) is 5.75 Å². The molecule has 1 unspecified atom stereocenters. The van der Waals surface area contributed by atoms with Crippen LogP contribution in [0.3, 0.4) is 0 Å². The number of amides is 1. The number of hydrogen-bond donors (Lipinski definition) is 2. The van der Waals surface area contributed by atoms with Crippen molar-refractivity contribution in [2.24, 2.45) is 0 Å². The molecule has 0 saturated carbocycles. The highest BCUT2D eigenvalue weighted by Crippen LogP contribution is 2.27. The largest absolute Gasteiger partial charge is 0.479 e. The Morgan fingerprint density at radius 2 is 1.71 bits per heavy atom. The monoisotopic (exact) mass is 458 g/mol. The summed E-state index contributed by atoms with van der Waals surface area (Å²) in [5.74, 6) is 0.0304. The van der Waals surface area contributed by atoms with E-state index in [-0.39, 0.29) is 4.90 Å². The van der Waals surface area contributed by atoms with Gasteiger partial charge in [0.2, 0.25) is 0 Å². The molecule has 8 heteroatoms. The second-order valence-corrected chi connectivity index (χ2v) is 9.22. The molecule has 0 aliphatic rings. The molecule has 2 N–H and O–H groups in total. The lowest BCUT2D eigenvalue weighted by Gasteiger charge is -2.17. The minimum atomic E-state index is -3.75. The van der Waals surface area contributed by atoms with Crippen LogP contribution >= 0.6 is 11.6 Å². The van der Waals surface area contributed by atoms with Gasteiger partial charge in [-0.3, -0.25) is 9.52 Å². The van der Waals surface area contributed by atoms with Crippen LogP contribution in [0.1, 0.15) is 18.1 Å². The quantitative estimate of drug-likeness (QED) is 0.512. The second-order valence-electron chi connectivity index (χ2n) is 7.13. The third kappa shape index (κ3) is 5.77. The molecule has 0 heterocycles. The summed E-state index contributed by atoms with van der Waals surface area (Å²) in [5.41, 5.74) is 2.48. The molecule has 0 aliphatic heterocycles. The van der Waals surface area contributed by atoms with Gasteiger partial charge in [0.25, 0.3) is 15.9 Å². The van der Waals surface area contributed by atoms with Crippen molar-refractivity contribution in [1.29, 1.82) is 0 Å². The van der Waals surface area contributed by atoms with E-state index in [4.69, 9.17) is 16.3 Å². The summed E-state index contributed by atoms with van der Waals surface area (Å²) < 4.78 is 33.5. The molecule has 3 aromatic rings. The van der Waals surface area contributed by atoms with E-state index in [9.17, 15) is 13.2 Å². The first-order chi connectivity index (χ1) is 14.7.